The number of carbonyl (C=O) groups excluding carboxylic acids is 4. The standard InChI is InChI=1S/C9H12ClN3O5/c1-5-4-12(2-3-18-9(11)17)6(14)7(15)13(5)8(10)16/h5H,2-4H2,1H3,(H2,11,17)/t5-/m0/s1. The molecule has 4 amide bonds. The fraction of sp³-hybridized carbons (Fsp3) is 0.556. The van der Waals surface area contributed by atoms with E-state index in [-0.39, 0.29) is 19.7 Å². The number of primary amides is 1. The maximum Gasteiger partial charge on any atom is 0.404 e. The lowest BCUT2D eigenvalue weighted by molar-refractivity contribution is -0.155. The van der Waals surface area contributed by atoms with Gasteiger partial charge in [0.2, 0.25) is 0 Å². The van der Waals surface area contributed by atoms with E-state index < -0.39 is 29.3 Å². The quantitative estimate of drug-likeness (QED) is 0.425. The van der Waals surface area contributed by atoms with Gasteiger partial charge in [0, 0.05) is 6.54 Å². The van der Waals surface area contributed by atoms with E-state index in [1.165, 1.54) is 4.90 Å². The molecule has 0 radical (unpaired) electrons. The number of piperazine rings is 1. The summed E-state index contributed by atoms with van der Waals surface area (Å²) in [4.78, 5) is 46.4. The Hall–Kier alpha value is -1.83. The van der Waals surface area contributed by atoms with Crippen LogP contribution in [0, 0.1) is 0 Å². The van der Waals surface area contributed by atoms with Crippen LogP contribution < -0.4 is 5.73 Å². The van der Waals surface area contributed by atoms with Crippen LogP contribution in [0.4, 0.5) is 9.59 Å². The van der Waals surface area contributed by atoms with Gasteiger partial charge in [-0.15, -0.1) is 0 Å². The highest BCUT2D eigenvalue weighted by molar-refractivity contribution is 6.65. The van der Waals surface area contributed by atoms with Gasteiger partial charge in [-0.25, -0.2) is 4.79 Å². The number of halogens is 1. The Balaban J connectivity index is 2.64. The van der Waals surface area contributed by atoms with Gasteiger partial charge in [-0.05, 0) is 18.5 Å². The molecule has 0 saturated carbocycles. The maximum absolute atomic E-state index is 11.6. The van der Waals surface area contributed by atoms with Gasteiger partial charge in [0.1, 0.15) is 6.61 Å². The smallest absolute Gasteiger partial charge is 0.404 e. The Bertz CT molecular complexity index is 400. The summed E-state index contributed by atoms with van der Waals surface area (Å²) in [6, 6.07) is -0.534. The van der Waals surface area contributed by atoms with E-state index >= 15 is 0 Å². The molecule has 0 aromatic rings. The molecule has 1 aliphatic heterocycles. The largest absolute Gasteiger partial charge is 0.448 e. The lowest BCUT2D eigenvalue weighted by Gasteiger charge is -2.36. The predicted octanol–water partition coefficient (Wildman–Crippen LogP) is -0.500. The molecule has 8 nitrogen and oxygen atoms in total. The van der Waals surface area contributed by atoms with Crippen molar-refractivity contribution in [3.63, 3.8) is 0 Å². The van der Waals surface area contributed by atoms with Crippen molar-refractivity contribution in [1.29, 1.82) is 0 Å². The zero-order valence-electron chi connectivity index (χ0n) is 9.59. The summed E-state index contributed by atoms with van der Waals surface area (Å²) in [6.07, 6.45) is -0.962. The lowest BCUT2D eigenvalue weighted by Crippen LogP contribution is -2.59. The lowest BCUT2D eigenvalue weighted by atomic mass is 10.2. The number of hydrogen-bond acceptors (Lipinski definition) is 5. The minimum Gasteiger partial charge on any atom is -0.448 e. The van der Waals surface area contributed by atoms with Gasteiger partial charge in [-0.1, -0.05) is 0 Å². The van der Waals surface area contributed by atoms with Crippen molar-refractivity contribution >= 4 is 34.9 Å². The third-order valence-corrected chi connectivity index (χ3v) is 2.59. The monoisotopic (exact) mass is 277 g/mol. The van der Waals surface area contributed by atoms with Gasteiger partial charge in [0.05, 0.1) is 12.6 Å². The van der Waals surface area contributed by atoms with Crippen molar-refractivity contribution in [2.24, 2.45) is 5.73 Å². The van der Waals surface area contributed by atoms with Crippen molar-refractivity contribution in [3.8, 4) is 0 Å². The highest BCUT2D eigenvalue weighted by atomic mass is 35.5. The molecule has 1 fully saturated rings. The average Bonchev–Trinajstić information content (AvgIpc) is 2.24. The molecule has 0 unspecified atom stereocenters. The normalized spacial score (nSPS) is 20.0. The Morgan fingerprint density at radius 1 is 1.44 bits per heavy atom. The maximum atomic E-state index is 11.6. The Morgan fingerprint density at radius 2 is 2.06 bits per heavy atom. The van der Waals surface area contributed by atoms with Crippen molar-refractivity contribution in [1.82, 2.24) is 9.80 Å². The highest BCUT2D eigenvalue weighted by Crippen LogP contribution is 2.14. The van der Waals surface area contributed by atoms with E-state index in [1.807, 2.05) is 0 Å². The number of amides is 4. The molecule has 0 aromatic carbocycles. The third-order valence-electron chi connectivity index (χ3n) is 2.41. The van der Waals surface area contributed by atoms with Crippen LogP contribution in [0.3, 0.4) is 0 Å². The molecule has 1 atom stereocenters. The van der Waals surface area contributed by atoms with Gasteiger partial charge in [-0.3, -0.25) is 19.3 Å². The molecular weight excluding hydrogens is 266 g/mol. The van der Waals surface area contributed by atoms with Crippen LogP contribution in [0.1, 0.15) is 6.92 Å². The van der Waals surface area contributed by atoms with E-state index in [1.54, 1.807) is 6.92 Å². The van der Waals surface area contributed by atoms with E-state index in [0.29, 0.717) is 4.90 Å². The second-order valence-electron chi connectivity index (χ2n) is 3.70. The number of hydrogen-bond donors (Lipinski definition) is 1. The van der Waals surface area contributed by atoms with Crippen molar-refractivity contribution in [2.75, 3.05) is 19.7 Å². The van der Waals surface area contributed by atoms with Gasteiger partial charge >= 0.3 is 23.3 Å². The zero-order chi connectivity index (χ0) is 13.9. The molecule has 2 N–H and O–H groups in total. The number of carbonyl (C=O) groups is 4. The third kappa shape index (κ3) is 3.10. The second kappa shape index (κ2) is 5.67. The molecule has 100 valence electrons. The van der Waals surface area contributed by atoms with Crippen LogP contribution in [0.5, 0.6) is 0 Å². The number of imide groups is 1. The summed E-state index contributed by atoms with van der Waals surface area (Å²) in [5.74, 6) is -1.86. The molecule has 1 saturated heterocycles. The van der Waals surface area contributed by atoms with Crippen LogP contribution in [0.15, 0.2) is 0 Å². The fourth-order valence-corrected chi connectivity index (χ4v) is 1.87. The van der Waals surface area contributed by atoms with Crippen molar-refractivity contribution < 1.29 is 23.9 Å². The first-order chi connectivity index (χ1) is 8.34. The number of nitrogens with zero attached hydrogens (tertiary/aromatic N) is 2. The first-order valence-electron chi connectivity index (χ1n) is 5.08. The minimum absolute atomic E-state index is 0.0299. The first-order valence-corrected chi connectivity index (χ1v) is 5.46. The highest BCUT2D eigenvalue weighted by Gasteiger charge is 2.39. The Kier molecular flexibility index (Phi) is 4.49. The molecule has 0 spiro atoms. The number of ether oxygens (including phenoxy) is 1. The molecule has 1 rings (SSSR count). The summed E-state index contributed by atoms with van der Waals surface area (Å²) in [5, 5.41) is -0.992. The topological polar surface area (TPSA) is 110 Å². The molecule has 9 heteroatoms. The first kappa shape index (κ1) is 14.2. The van der Waals surface area contributed by atoms with Gasteiger partial charge in [0.25, 0.3) is 0 Å². The SMILES string of the molecule is C[C@H]1CN(CCOC(N)=O)C(=O)C(=O)N1C(=O)Cl. The molecule has 0 aromatic heterocycles. The van der Waals surface area contributed by atoms with Crippen molar-refractivity contribution in [2.45, 2.75) is 13.0 Å². The molecular formula is C9H12ClN3O5. The van der Waals surface area contributed by atoms with Gasteiger partial charge in [-0.2, -0.15) is 0 Å². The van der Waals surface area contributed by atoms with Gasteiger partial charge < -0.3 is 15.4 Å². The Morgan fingerprint density at radius 3 is 2.56 bits per heavy atom. The summed E-state index contributed by atoms with van der Waals surface area (Å²) in [7, 11) is 0. The molecule has 1 heterocycles. The Labute approximate surface area is 108 Å². The van der Waals surface area contributed by atoms with E-state index in [0.717, 1.165) is 0 Å². The van der Waals surface area contributed by atoms with E-state index in [2.05, 4.69) is 4.74 Å². The van der Waals surface area contributed by atoms with Crippen LogP contribution in [-0.2, 0) is 14.3 Å². The number of nitrogens with two attached hydrogens (primary N) is 1. The summed E-state index contributed by atoms with van der Waals surface area (Å²) >= 11 is 5.21. The van der Waals surface area contributed by atoms with Crippen LogP contribution in [0.2, 0.25) is 0 Å². The van der Waals surface area contributed by atoms with Crippen LogP contribution >= 0.6 is 11.6 Å². The second-order valence-corrected chi connectivity index (χ2v) is 4.02. The van der Waals surface area contributed by atoms with Gasteiger partial charge in [0.15, 0.2) is 0 Å². The fourth-order valence-electron chi connectivity index (χ4n) is 1.62. The average molecular weight is 278 g/mol. The zero-order valence-corrected chi connectivity index (χ0v) is 10.3. The predicted molar refractivity (Wildman–Crippen MR) is 59.7 cm³/mol. The minimum atomic E-state index is -0.993. The van der Waals surface area contributed by atoms with Crippen LogP contribution in [-0.4, -0.2) is 58.8 Å². The number of rotatable bonds is 3. The summed E-state index contributed by atoms with van der Waals surface area (Å²) < 4.78 is 4.46. The molecule has 1 aliphatic rings. The van der Waals surface area contributed by atoms with E-state index in [9.17, 15) is 19.2 Å². The molecule has 0 aliphatic carbocycles. The van der Waals surface area contributed by atoms with E-state index in [4.69, 9.17) is 17.3 Å². The molecule has 18 heavy (non-hydrogen) atoms. The van der Waals surface area contributed by atoms with Crippen LogP contribution in [0.25, 0.3) is 0 Å². The molecule has 0 bridgehead atoms. The van der Waals surface area contributed by atoms with Crippen molar-refractivity contribution in [3.05, 3.63) is 0 Å². The summed E-state index contributed by atoms with van der Waals surface area (Å²) in [6.45, 7) is 1.62. The summed E-state index contributed by atoms with van der Waals surface area (Å²) in [5.41, 5.74) is 4.76.